The first-order valence-electron chi connectivity index (χ1n) is 4.29. The highest BCUT2D eigenvalue weighted by molar-refractivity contribution is 7.91. The highest BCUT2D eigenvalue weighted by atomic mass is 35.5. The summed E-state index contributed by atoms with van der Waals surface area (Å²) in [6.07, 6.45) is 0.432. The molecular weight excluding hydrogens is 214 g/mol. The summed E-state index contributed by atoms with van der Waals surface area (Å²) < 4.78 is 29.0. The van der Waals surface area contributed by atoms with Gasteiger partial charge in [0.15, 0.2) is 0 Å². The fourth-order valence-corrected chi connectivity index (χ4v) is 2.91. The van der Waals surface area contributed by atoms with Crippen LogP contribution in [0.4, 0.5) is 0 Å². The molecule has 1 aliphatic heterocycles. The van der Waals surface area contributed by atoms with Crippen LogP contribution in [0.25, 0.3) is 0 Å². The molecule has 1 rings (SSSR count). The van der Waals surface area contributed by atoms with Crippen molar-refractivity contribution in [2.24, 2.45) is 0 Å². The smallest absolute Gasteiger partial charge is 0.231 e. The van der Waals surface area contributed by atoms with Crippen molar-refractivity contribution in [2.45, 2.75) is 18.1 Å². The quantitative estimate of drug-likeness (QED) is 0.665. The molecule has 1 saturated heterocycles. The molecule has 4 nitrogen and oxygen atoms in total. The maximum absolute atomic E-state index is 11.7. The van der Waals surface area contributed by atoms with Crippen molar-refractivity contribution >= 4 is 21.6 Å². The monoisotopic (exact) mass is 227 g/mol. The SMILES string of the molecule is CCC(Cl)S(=O)(=O)N1CCOCC1. The van der Waals surface area contributed by atoms with E-state index < -0.39 is 14.7 Å². The van der Waals surface area contributed by atoms with Gasteiger partial charge in [-0.3, -0.25) is 0 Å². The molecule has 0 N–H and O–H groups in total. The lowest BCUT2D eigenvalue weighted by Crippen LogP contribution is -2.43. The van der Waals surface area contributed by atoms with Crippen molar-refractivity contribution in [1.29, 1.82) is 0 Å². The van der Waals surface area contributed by atoms with E-state index in [1.165, 1.54) is 4.31 Å². The molecule has 0 aliphatic carbocycles. The fourth-order valence-electron chi connectivity index (χ4n) is 1.17. The first-order chi connectivity index (χ1) is 6.09. The highest BCUT2D eigenvalue weighted by Crippen LogP contribution is 2.16. The number of hydrogen-bond donors (Lipinski definition) is 0. The summed E-state index contributed by atoms with van der Waals surface area (Å²) in [4.78, 5) is 0. The van der Waals surface area contributed by atoms with Gasteiger partial charge in [-0.1, -0.05) is 6.92 Å². The van der Waals surface area contributed by atoms with Gasteiger partial charge in [0.2, 0.25) is 10.0 Å². The summed E-state index contributed by atoms with van der Waals surface area (Å²) in [6, 6.07) is 0. The third kappa shape index (κ3) is 2.56. The standard InChI is InChI=1S/C7H14ClNO3S/c1-2-7(8)13(10,11)9-3-5-12-6-4-9/h7H,2-6H2,1H3. The minimum atomic E-state index is -3.29. The predicted octanol–water partition coefficient (Wildman–Crippen LogP) is 0.623. The molecule has 0 bridgehead atoms. The first-order valence-corrected chi connectivity index (χ1v) is 6.23. The Morgan fingerprint density at radius 3 is 2.46 bits per heavy atom. The van der Waals surface area contributed by atoms with E-state index in [2.05, 4.69) is 0 Å². The van der Waals surface area contributed by atoms with Gasteiger partial charge < -0.3 is 4.74 Å². The molecule has 0 saturated carbocycles. The van der Waals surface area contributed by atoms with Crippen LogP contribution in [0.3, 0.4) is 0 Å². The molecule has 1 aliphatic rings. The van der Waals surface area contributed by atoms with Crippen LogP contribution in [0.5, 0.6) is 0 Å². The molecule has 78 valence electrons. The van der Waals surface area contributed by atoms with Gasteiger partial charge in [0, 0.05) is 13.1 Å². The van der Waals surface area contributed by atoms with Crippen LogP contribution in [0.15, 0.2) is 0 Å². The molecule has 0 spiro atoms. The van der Waals surface area contributed by atoms with Crippen molar-refractivity contribution in [3.05, 3.63) is 0 Å². The number of nitrogens with zero attached hydrogens (tertiary/aromatic N) is 1. The van der Waals surface area contributed by atoms with Gasteiger partial charge in [-0.25, -0.2) is 8.42 Å². The topological polar surface area (TPSA) is 46.6 Å². The fraction of sp³-hybridized carbons (Fsp3) is 1.00. The first kappa shape index (κ1) is 11.2. The largest absolute Gasteiger partial charge is 0.379 e. The number of ether oxygens (including phenoxy) is 1. The van der Waals surface area contributed by atoms with Crippen molar-refractivity contribution < 1.29 is 13.2 Å². The lowest BCUT2D eigenvalue weighted by molar-refractivity contribution is 0.0729. The molecule has 1 unspecified atom stereocenters. The van der Waals surface area contributed by atoms with E-state index in [0.717, 1.165) is 0 Å². The molecule has 13 heavy (non-hydrogen) atoms. The highest BCUT2D eigenvalue weighted by Gasteiger charge is 2.30. The molecule has 6 heteroatoms. The molecule has 0 aromatic carbocycles. The van der Waals surface area contributed by atoms with E-state index >= 15 is 0 Å². The van der Waals surface area contributed by atoms with Gasteiger partial charge in [0.1, 0.15) is 4.71 Å². The second-order valence-electron chi connectivity index (χ2n) is 2.87. The van der Waals surface area contributed by atoms with Crippen LogP contribution in [-0.2, 0) is 14.8 Å². The zero-order valence-corrected chi connectivity index (χ0v) is 9.14. The summed E-state index contributed by atoms with van der Waals surface area (Å²) in [5, 5.41) is 0. The second kappa shape index (κ2) is 4.59. The van der Waals surface area contributed by atoms with Crippen molar-refractivity contribution in [1.82, 2.24) is 4.31 Å². The zero-order valence-electron chi connectivity index (χ0n) is 7.57. The summed E-state index contributed by atoms with van der Waals surface area (Å²) in [5.74, 6) is 0. The normalized spacial score (nSPS) is 22.9. The van der Waals surface area contributed by atoms with E-state index in [4.69, 9.17) is 16.3 Å². The number of morpholine rings is 1. The minimum Gasteiger partial charge on any atom is -0.379 e. The van der Waals surface area contributed by atoms with Crippen LogP contribution in [0, 0.1) is 0 Å². The Morgan fingerprint density at radius 2 is 2.00 bits per heavy atom. The maximum atomic E-state index is 11.7. The Hall–Kier alpha value is 0.160. The molecule has 0 amide bonds. The molecular formula is C7H14ClNO3S. The molecule has 0 aromatic rings. The van der Waals surface area contributed by atoms with Gasteiger partial charge in [0.05, 0.1) is 13.2 Å². The summed E-state index contributed by atoms with van der Waals surface area (Å²) in [6.45, 7) is 3.53. The van der Waals surface area contributed by atoms with E-state index in [-0.39, 0.29) is 0 Å². The van der Waals surface area contributed by atoms with E-state index in [9.17, 15) is 8.42 Å². The van der Waals surface area contributed by atoms with Gasteiger partial charge in [-0.05, 0) is 6.42 Å². The number of halogens is 1. The summed E-state index contributed by atoms with van der Waals surface area (Å²) >= 11 is 5.72. The summed E-state index contributed by atoms with van der Waals surface area (Å²) in [5.41, 5.74) is 0. The molecule has 1 heterocycles. The average Bonchev–Trinajstić information content (AvgIpc) is 2.18. The van der Waals surface area contributed by atoms with Crippen LogP contribution in [0.1, 0.15) is 13.3 Å². The Morgan fingerprint density at radius 1 is 1.46 bits per heavy atom. The maximum Gasteiger partial charge on any atom is 0.231 e. The van der Waals surface area contributed by atoms with Gasteiger partial charge >= 0.3 is 0 Å². The van der Waals surface area contributed by atoms with Crippen molar-refractivity contribution in [3.8, 4) is 0 Å². The van der Waals surface area contributed by atoms with E-state index in [1.807, 2.05) is 0 Å². The van der Waals surface area contributed by atoms with Crippen LogP contribution >= 0.6 is 11.6 Å². The number of alkyl halides is 1. The molecule has 0 aromatic heterocycles. The van der Waals surface area contributed by atoms with Gasteiger partial charge in [-0.2, -0.15) is 4.31 Å². The Balaban J connectivity index is 2.67. The lowest BCUT2D eigenvalue weighted by atomic mass is 10.5. The van der Waals surface area contributed by atoms with Crippen molar-refractivity contribution in [2.75, 3.05) is 26.3 Å². The zero-order chi connectivity index (χ0) is 9.90. The lowest BCUT2D eigenvalue weighted by Gasteiger charge is -2.27. The van der Waals surface area contributed by atoms with Crippen LogP contribution in [-0.4, -0.2) is 43.7 Å². The van der Waals surface area contributed by atoms with E-state index in [0.29, 0.717) is 32.7 Å². The molecule has 0 radical (unpaired) electrons. The number of sulfonamides is 1. The molecule has 1 atom stereocenters. The third-order valence-electron chi connectivity index (χ3n) is 1.97. The van der Waals surface area contributed by atoms with Crippen LogP contribution < -0.4 is 0 Å². The second-order valence-corrected chi connectivity index (χ2v) is 5.78. The number of hydrogen-bond acceptors (Lipinski definition) is 3. The minimum absolute atomic E-state index is 0.422. The van der Waals surface area contributed by atoms with E-state index in [1.54, 1.807) is 6.92 Å². The van der Waals surface area contributed by atoms with Gasteiger partial charge in [-0.15, -0.1) is 11.6 Å². The Labute approximate surface area is 83.9 Å². The van der Waals surface area contributed by atoms with Crippen molar-refractivity contribution in [3.63, 3.8) is 0 Å². The third-order valence-corrected chi connectivity index (χ3v) is 5.02. The summed E-state index contributed by atoms with van der Waals surface area (Å²) in [7, 11) is -3.29. The van der Waals surface area contributed by atoms with Gasteiger partial charge in [0.25, 0.3) is 0 Å². The Bertz CT molecular complexity index is 248. The predicted molar refractivity (Wildman–Crippen MR) is 51.2 cm³/mol. The van der Waals surface area contributed by atoms with Crippen LogP contribution in [0.2, 0.25) is 0 Å². The average molecular weight is 228 g/mol. The molecule has 1 fully saturated rings. The Kier molecular flexibility index (Phi) is 3.97. The number of rotatable bonds is 3.